The first-order valence-electron chi connectivity index (χ1n) is 22.7. The van der Waals surface area contributed by atoms with Gasteiger partial charge in [0.25, 0.3) is 0 Å². The Morgan fingerprint density at radius 2 is 0.559 bits per heavy atom. The molecule has 2 aromatic heterocycles. The topological polar surface area (TPSA) is 51.2 Å². The Balaban J connectivity index is 0.956. The van der Waals surface area contributed by atoms with Crippen molar-refractivity contribution in [3.8, 4) is 23.0 Å². The van der Waals surface area contributed by atoms with Gasteiger partial charge in [-0.2, -0.15) is 0 Å². The van der Waals surface area contributed by atoms with Crippen LogP contribution in [0.15, 0.2) is 251 Å². The second-order valence-electron chi connectivity index (χ2n) is 16.8. The van der Waals surface area contributed by atoms with E-state index >= 15 is 0 Å². The standard InChI is InChI=1S/C62H40N2O4/c1-5-17-41(18-6-1)63(43-29-33-47(34-30-43)65-45-21-9-3-10-22-45)55-39-59-61(51-27-15-13-25-49(51)55)53-37-58-54(38-57(53)67-59)62-52-28-16-14-26-50(52)56(40-60(62)68-58)64(42-19-7-2-8-20-42)44-31-35-48(36-32-44)66-46-23-11-4-12-24-46/h1-40H. The maximum absolute atomic E-state index is 6.97. The predicted octanol–water partition coefficient (Wildman–Crippen LogP) is 18.3. The monoisotopic (exact) mass is 876 g/mol. The smallest absolute Gasteiger partial charge is 0.138 e. The van der Waals surface area contributed by atoms with E-state index in [4.69, 9.17) is 18.3 Å². The van der Waals surface area contributed by atoms with Gasteiger partial charge >= 0.3 is 0 Å². The molecule has 13 rings (SSSR count). The van der Waals surface area contributed by atoms with Gasteiger partial charge in [-0.1, -0.05) is 121 Å². The van der Waals surface area contributed by atoms with E-state index in [0.717, 1.165) is 123 Å². The van der Waals surface area contributed by atoms with Crippen LogP contribution < -0.4 is 19.3 Å². The number of nitrogens with zero attached hydrogens (tertiary/aromatic N) is 2. The van der Waals surface area contributed by atoms with E-state index in [2.05, 4.69) is 155 Å². The molecule has 0 saturated heterocycles. The molecule has 0 atom stereocenters. The lowest BCUT2D eigenvalue weighted by Crippen LogP contribution is -2.10. The van der Waals surface area contributed by atoms with Gasteiger partial charge in [-0.3, -0.25) is 0 Å². The number of para-hydroxylation sites is 4. The van der Waals surface area contributed by atoms with E-state index in [0.29, 0.717) is 0 Å². The van der Waals surface area contributed by atoms with Crippen LogP contribution in [-0.2, 0) is 0 Å². The quantitative estimate of drug-likeness (QED) is 0.136. The lowest BCUT2D eigenvalue weighted by atomic mass is 9.99. The molecule has 322 valence electrons. The molecule has 0 saturated carbocycles. The molecule has 0 amide bonds. The fourth-order valence-corrected chi connectivity index (χ4v) is 9.69. The van der Waals surface area contributed by atoms with Gasteiger partial charge < -0.3 is 28.1 Å². The summed E-state index contributed by atoms with van der Waals surface area (Å²) in [6.07, 6.45) is 0. The van der Waals surface area contributed by atoms with E-state index in [9.17, 15) is 0 Å². The summed E-state index contributed by atoms with van der Waals surface area (Å²) in [6.45, 7) is 0. The molecule has 0 aliphatic carbocycles. The zero-order valence-electron chi connectivity index (χ0n) is 36.6. The van der Waals surface area contributed by atoms with Crippen molar-refractivity contribution in [1.29, 1.82) is 0 Å². The van der Waals surface area contributed by atoms with Crippen LogP contribution in [0, 0.1) is 0 Å². The first-order valence-corrected chi connectivity index (χ1v) is 22.7. The Morgan fingerprint density at radius 3 is 0.941 bits per heavy atom. The van der Waals surface area contributed by atoms with Crippen molar-refractivity contribution in [2.75, 3.05) is 9.80 Å². The van der Waals surface area contributed by atoms with Gasteiger partial charge in [-0.15, -0.1) is 0 Å². The number of furan rings is 2. The lowest BCUT2D eigenvalue weighted by Gasteiger charge is -2.27. The van der Waals surface area contributed by atoms with Crippen molar-refractivity contribution < 1.29 is 18.3 Å². The number of hydrogen-bond acceptors (Lipinski definition) is 6. The summed E-state index contributed by atoms with van der Waals surface area (Å²) in [6, 6.07) is 83.0. The van der Waals surface area contributed by atoms with Crippen molar-refractivity contribution in [3.63, 3.8) is 0 Å². The van der Waals surface area contributed by atoms with Crippen LogP contribution >= 0.6 is 0 Å². The molecular weight excluding hydrogens is 837 g/mol. The van der Waals surface area contributed by atoms with E-state index in [1.807, 2.05) is 97.1 Å². The fourth-order valence-electron chi connectivity index (χ4n) is 9.69. The lowest BCUT2D eigenvalue weighted by molar-refractivity contribution is 0.482. The van der Waals surface area contributed by atoms with E-state index in [-0.39, 0.29) is 0 Å². The van der Waals surface area contributed by atoms with Gasteiger partial charge in [0.1, 0.15) is 45.3 Å². The molecule has 0 aliphatic rings. The summed E-state index contributed by atoms with van der Waals surface area (Å²) in [7, 11) is 0. The molecule has 2 heterocycles. The predicted molar refractivity (Wildman–Crippen MR) is 278 cm³/mol. The van der Waals surface area contributed by atoms with Gasteiger partial charge in [0.15, 0.2) is 0 Å². The first-order chi connectivity index (χ1) is 33.7. The second kappa shape index (κ2) is 16.3. The minimum Gasteiger partial charge on any atom is -0.457 e. The number of fused-ring (bicyclic) bond motifs is 10. The van der Waals surface area contributed by atoms with Gasteiger partial charge in [0, 0.05) is 67.2 Å². The van der Waals surface area contributed by atoms with Crippen LogP contribution in [0.3, 0.4) is 0 Å². The molecule has 0 radical (unpaired) electrons. The van der Waals surface area contributed by atoms with Crippen LogP contribution in [0.4, 0.5) is 34.1 Å². The third-order valence-electron chi connectivity index (χ3n) is 12.7. The summed E-state index contributed by atoms with van der Waals surface area (Å²) in [4.78, 5) is 4.58. The number of anilines is 6. The van der Waals surface area contributed by atoms with Gasteiger partial charge in [0.05, 0.1) is 11.4 Å². The Bertz CT molecular complexity index is 3680. The Morgan fingerprint density at radius 1 is 0.250 bits per heavy atom. The van der Waals surface area contributed by atoms with Gasteiger partial charge in [-0.05, 0) is 120 Å². The Labute approximate surface area is 391 Å². The highest BCUT2D eigenvalue weighted by Crippen LogP contribution is 2.49. The molecule has 0 bridgehead atoms. The summed E-state index contributed by atoms with van der Waals surface area (Å²) in [5.41, 5.74) is 9.22. The van der Waals surface area contributed by atoms with Crippen molar-refractivity contribution in [2.24, 2.45) is 0 Å². The summed E-state index contributed by atoms with van der Waals surface area (Å²) in [5, 5.41) is 8.45. The first kappa shape index (κ1) is 39.1. The number of ether oxygens (including phenoxy) is 2. The van der Waals surface area contributed by atoms with Crippen LogP contribution in [-0.4, -0.2) is 0 Å². The normalized spacial score (nSPS) is 11.5. The van der Waals surface area contributed by atoms with Crippen LogP contribution in [0.1, 0.15) is 0 Å². The average Bonchev–Trinajstić information content (AvgIpc) is 3.95. The van der Waals surface area contributed by atoms with Crippen molar-refractivity contribution >= 4 is 99.5 Å². The third kappa shape index (κ3) is 6.82. The molecule has 0 N–H and O–H groups in total. The molecular formula is C62H40N2O4. The highest BCUT2D eigenvalue weighted by atomic mass is 16.5. The minimum atomic E-state index is 0.764. The zero-order chi connectivity index (χ0) is 45.0. The molecule has 68 heavy (non-hydrogen) atoms. The largest absolute Gasteiger partial charge is 0.457 e. The maximum Gasteiger partial charge on any atom is 0.138 e. The summed E-state index contributed by atoms with van der Waals surface area (Å²) in [5.74, 6) is 3.11. The minimum absolute atomic E-state index is 0.764. The van der Waals surface area contributed by atoms with Crippen molar-refractivity contribution in [3.05, 3.63) is 243 Å². The molecule has 0 aliphatic heterocycles. The third-order valence-corrected chi connectivity index (χ3v) is 12.7. The fraction of sp³-hybridized carbons (Fsp3) is 0. The number of hydrogen-bond donors (Lipinski definition) is 0. The molecule has 0 unspecified atom stereocenters. The number of rotatable bonds is 10. The van der Waals surface area contributed by atoms with E-state index < -0.39 is 0 Å². The van der Waals surface area contributed by atoms with Gasteiger partial charge in [-0.25, -0.2) is 0 Å². The molecule has 11 aromatic carbocycles. The second-order valence-corrected chi connectivity index (χ2v) is 16.8. The van der Waals surface area contributed by atoms with Crippen LogP contribution in [0.2, 0.25) is 0 Å². The molecule has 13 aromatic rings. The SMILES string of the molecule is c1ccc(Oc2ccc(N(c3ccccc3)c3cc4oc5cc6c(cc5c4c4ccccc34)oc3cc(N(c4ccccc4)c4ccc(Oc5ccccc5)cc4)c4ccccc4c36)cc2)cc1. The van der Waals surface area contributed by atoms with E-state index in [1.54, 1.807) is 0 Å². The molecule has 6 heteroatoms. The van der Waals surface area contributed by atoms with Crippen molar-refractivity contribution in [2.45, 2.75) is 0 Å². The average molecular weight is 877 g/mol. The number of benzene rings is 11. The molecule has 0 fully saturated rings. The highest BCUT2D eigenvalue weighted by Gasteiger charge is 2.24. The highest BCUT2D eigenvalue weighted by molar-refractivity contribution is 6.28. The molecule has 6 nitrogen and oxygen atoms in total. The van der Waals surface area contributed by atoms with Gasteiger partial charge in [0.2, 0.25) is 0 Å². The zero-order valence-corrected chi connectivity index (χ0v) is 36.6. The summed E-state index contributed by atoms with van der Waals surface area (Å²) >= 11 is 0. The van der Waals surface area contributed by atoms with Crippen molar-refractivity contribution in [1.82, 2.24) is 0 Å². The molecule has 0 spiro atoms. The maximum atomic E-state index is 6.97. The summed E-state index contributed by atoms with van der Waals surface area (Å²) < 4.78 is 26.3. The van der Waals surface area contributed by atoms with Crippen LogP contribution in [0.5, 0.6) is 23.0 Å². The van der Waals surface area contributed by atoms with E-state index in [1.165, 1.54) is 0 Å². The van der Waals surface area contributed by atoms with Crippen LogP contribution in [0.25, 0.3) is 65.4 Å². The Kier molecular flexibility index (Phi) is 9.39. The Hall–Kier alpha value is -9.26.